The second-order valence-corrected chi connectivity index (χ2v) is 14.9. The summed E-state index contributed by atoms with van der Waals surface area (Å²) in [6, 6.07) is 8.76. The van der Waals surface area contributed by atoms with Crippen molar-refractivity contribution in [3.05, 3.63) is 57.7 Å². The van der Waals surface area contributed by atoms with Crippen LogP contribution in [0.5, 0.6) is 0 Å². The normalized spacial score (nSPS) is 11.7. The molecule has 0 spiro atoms. The molecular weight excluding hydrogens is 813 g/mol. The van der Waals surface area contributed by atoms with Gasteiger partial charge >= 0.3 is 154 Å². The molecule has 0 atom stereocenters. The molecule has 0 aliphatic rings. The van der Waals surface area contributed by atoms with E-state index in [1.807, 2.05) is 11.0 Å². The maximum Gasteiger partial charge on any atom is 1.00 e. The van der Waals surface area contributed by atoms with E-state index in [1.165, 1.54) is 6.20 Å². The van der Waals surface area contributed by atoms with Crippen molar-refractivity contribution in [2.75, 3.05) is 29.5 Å². The fourth-order valence-corrected chi connectivity index (χ4v) is 6.57. The quantitative estimate of drug-likeness (QED) is 0.0606. The van der Waals surface area contributed by atoms with E-state index in [0.717, 1.165) is 16.8 Å². The Morgan fingerprint density at radius 3 is 1.81 bits per heavy atom. The van der Waals surface area contributed by atoms with Crippen LogP contribution in [0.25, 0.3) is 5.69 Å². The van der Waals surface area contributed by atoms with Crippen molar-refractivity contribution in [1.82, 2.24) is 9.78 Å². The zero-order chi connectivity index (χ0) is 33.6. The van der Waals surface area contributed by atoms with Crippen molar-refractivity contribution in [2.45, 2.75) is 37.5 Å². The van der Waals surface area contributed by atoms with Gasteiger partial charge in [-0.25, -0.2) is 29.9 Å². The van der Waals surface area contributed by atoms with Crippen molar-refractivity contribution in [3.63, 3.8) is 0 Å². The number of halogens is 2. The van der Waals surface area contributed by atoms with Gasteiger partial charge in [-0.15, -0.1) is 10.2 Å². The van der Waals surface area contributed by atoms with Crippen LogP contribution >= 0.6 is 23.2 Å². The maximum atomic E-state index is 11.4. The molecule has 0 fully saturated rings. The third-order valence-electron chi connectivity index (χ3n) is 6.30. The van der Waals surface area contributed by atoms with E-state index in [1.54, 1.807) is 25.1 Å². The molecule has 3 rings (SSSR count). The van der Waals surface area contributed by atoms with Crippen molar-refractivity contribution in [1.29, 1.82) is 5.26 Å². The van der Waals surface area contributed by atoms with Gasteiger partial charge in [0.1, 0.15) is 27.4 Å². The predicted molar refractivity (Wildman–Crippen MR) is 161 cm³/mol. The van der Waals surface area contributed by atoms with Gasteiger partial charge in [0.2, 0.25) is 0 Å². The molecule has 0 unspecified atom stereocenters. The molecular formula is C25H25Cl2K3N6O9S3. The zero-order valence-corrected chi connectivity index (χ0v) is 39.8. The smallest absolute Gasteiger partial charge is 0.748 e. The van der Waals surface area contributed by atoms with Crippen LogP contribution < -0.4 is 159 Å². The first-order valence-electron chi connectivity index (χ1n) is 13.0. The minimum absolute atomic E-state index is 0. The minimum atomic E-state index is -4.86. The summed E-state index contributed by atoms with van der Waals surface area (Å²) < 4.78 is 101. The number of hydrogen-bond acceptors (Lipinski definition) is 14. The molecule has 3 aromatic rings. The van der Waals surface area contributed by atoms with Gasteiger partial charge in [0.05, 0.1) is 47.1 Å². The molecule has 0 amide bonds. The third-order valence-corrected chi connectivity index (χ3v) is 9.26. The van der Waals surface area contributed by atoms with Crippen LogP contribution in [0.15, 0.2) is 51.7 Å². The van der Waals surface area contributed by atoms with Crippen LogP contribution in [-0.2, 0) is 30.4 Å². The van der Waals surface area contributed by atoms with E-state index >= 15 is 0 Å². The zero-order valence-electron chi connectivity index (χ0n) is 26.5. The maximum absolute atomic E-state index is 11.4. The molecule has 0 radical (unpaired) electrons. The van der Waals surface area contributed by atoms with Gasteiger partial charge in [0.25, 0.3) is 0 Å². The Labute approximate surface area is 417 Å². The summed E-state index contributed by atoms with van der Waals surface area (Å²) in [6.45, 7) is 2.42. The molecule has 0 bridgehead atoms. The van der Waals surface area contributed by atoms with Gasteiger partial charge in [0.15, 0.2) is 5.82 Å². The van der Waals surface area contributed by atoms with Crippen LogP contribution in [0.1, 0.15) is 36.8 Å². The van der Waals surface area contributed by atoms with Crippen molar-refractivity contribution in [3.8, 4) is 11.8 Å². The summed E-state index contributed by atoms with van der Waals surface area (Å²) in [7, 11) is -13.6. The van der Waals surface area contributed by atoms with E-state index in [4.69, 9.17) is 23.2 Å². The largest absolute Gasteiger partial charge is 1.00 e. The number of aromatic nitrogens is 2. The second-order valence-electron chi connectivity index (χ2n) is 9.69. The van der Waals surface area contributed by atoms with Crippen LogP contribution in [-0.4, -0.2) is 73.3 Å². The predicted octanol–water partition coefficient (Wildman–Crippen LogP) is -4.85. The first-order valence-corrected chi connectivity index (χ1v) is 18.3. The molecule has 15 nitrogen and oxygen atoms in total. The standard InChI is InChI=1S/C25H28Cl2N6O9S3.3K/c1-17-12-19(32(8-2-4-10-43(34,35)36)9-3-5-11-44(37,38)39)6-7-23(17)30-31-25-18(15-28)16-29-33(25)24-21(26)13-20(14-22(24)27)45(40,41)42;;;/h6-7,12-14,16H,2-5,8-11H2,1H3,(H,34,35,36)(H,37,38,39)(H,40,41,42);;;/q;3*+1/p-3. The summed E-state index contributed by atoms with van der Waals surface area (Å²) >= 11 is 12.5. The fraction of sp³-hybridized carbons (Fsp3) is 0.360. The molecule has 0 N–H and O–H groups in total. The first-order chi connectivity index (χ1) is 20.9. The Balaban J connectivity index is 0.00000736. The monoisotopic (exact) mass is 836 g/mol. The Bertz CT molecular complexity index is 1910. The van der Waals surface area contributed by atoms with E-state index in [9.17, 15) is 44.2 Å². The van der Waals surface area contributed by atoms with Crippen LogP contribution in [0.3, 0.4) is 0 Å². The van der Waals surface area contributed by atoms with E-state index in [2.05, 4.69) is 15.3 Å². The summed E-state index contributed by atoms with van der Waals surface area (Å²) in [5, 5.41) is 21.5. The van der Waals surface area contributed by atoms with Gasteiger partial charge in [-0.2, -0.15) is 10.4 Å². The minimum Gasteiger partial charge on any atom is -0.748 e. The summed E-state index contributed by atoms with van der Waals surface area (Å²) in [4.78, 5) is 1.20. The number of nitrogens with zero attached hydrogens (tertiary/aromatic N) is 6. The summed E-state index contributed by atoms with van der Waals surface area (Å²) in [5.74, 6) is -1.13. The van der Waals surface area contributed by atoms with Crippen molar-refractivity contribution < 1.29 is 193 Å². The Morgan fingerprint density at radius 1 is 0.854 bits per heavy atom. The van der Waals surface area contributed by atoms with Gasteiger partial charge in [0, 0.05) is 30.3 Å². The number of azo groups is 1. The number of anilines is 1. The van der Waals surface area contributed by atoms with Crippen molar-refractivity contribution >= 4 is 70.7 Å². The molecule has 2 aromatic carbocycles. The van der Waals surface area contributed by atoms with Crippen LogP contribution in [0.2, 0.25) is 10.0 Å². The van der Waals surface area contributed by atoms with E-state index < -0.39 is 46.8 Å². The van der Waals surface area contributed by atoms with E-state index in [0.29, 0.717) is 42.9 Å². The molecule has 244 valence electrons. The molecule has 1 heterocycles. The topological polar surface area (TPSA) is 241 Å². The number of hydrogen-bond donors (Lipinski definition) is 0. The molecule has 0 aliphatic carbocycles. The molecule has 23 heteroatoms. The molecule has 0 aliphatic heterocycles. The summed E-state index contributed by atoms with van der Waals surface area (Å²) in [6.07, 6.45) is 2.14. The number of unbranched alkanes of at least 4 members (excludes halogenated alkanes) is 2. The van der Waals surface area contributed by atoms with Gasteiger partial charge < -0.3 is 18.6 Å². The van der Waals surface area contributed by atoms with E-state index in [-0.39, 0.29) is 194 Å². The Kier molecular flexibility index (Phi) is 23.0. The number of aryl methyl sites for hydroxylation is 1. The molecule has 1 aromatic heterocycles. The number of benzene rings is 2. The first kappa shape index (κ1) is 49.8. The second kappa shape index (κ2) is 22.2. The van der Waals surface area contributed by atoms with Gasteiger partial charge in [-0.05, 0) is 68.5 Å². The third kappa shape index (κ3) is 16.0. The average Bonchev–Trinajstić information content (AvgIpc) is 3.31. The number of rotatable bonds is 15. The Morgan fingerprint density at radius 2 is 1.38 bits per heavy atom. The number of nitriles is 1. The van der Waals surface area contributed by atoms with Crippen LogP contribution in [0.4, 0.5) is 17.2 Å². The van der Waals surface area contributed by atoms with Crippen LogP contribution in [0, 0.1) is 18.3 Å². The fourth-order valence-electron chi connectivity index (χ4n) is 4.15. The average molecular weight is 838 g/mol. The SMILES string of the molecule is Cc1cc(N(CCCCS(=O)(=O)[O-])CCCCS(=O)(=O)[O-])ccc1N=Nc1c(C#N)cnn1-c1c(Cl)cc(S(=O)(=O)[O-])cc1Cl.[K+].[K+].[K+]. The summed E-state index contributed by atoms with van der Waals surface area (Å²) in [5.41, 5.74) is 1.60. The molecule has 48 heavy (non-hydrogen) atoms. The van der Waals surface area contributed by atoms with Gasteiger partial charge in [-0.3, -0.25) is 0 Å². The van der Waals surface area contributed by atoms with Gasteiger partial charge in [-0.1, -0.05) is 23.2 Å². The molecule has 0 saturated carbocycles. The Hall–Kier alpha value is 1.76. The van der Waals surface area contributed by atoms with Crippen molar-refractivity contribution in [2.24, 2.45) is 10.2 Å². The molecule has 0 saturated heterocycles.